The summed E-state index contributed by atoms with van der Waals surface area (Å²) in [6.07, 6.45) is 22.0. The fourth-order valence-electron chi connectivity index (χ4n) is 3.12. The zero-order chi connectivity index (χ0) is 18.4. The van der Waals surface area contributed by atoms with E-state index in [4.69, 9.17) is 5.73 Å². The number of carbonyl (C=O) groups is 1. The molecule has 4 heteroatoms. The maximum Gasteiger partial charge on any atom is 0.314 e. The first-order valence-electron chi connectivity index (χ1n) is 11.0. The van der Waals surface area contributed by atoms with Crippen LogP contribution in [-0.2, 0) is 0 Å². The Balaban J connectivity index is 3.04. The lowest BCUT2D eigenvalue weighted by Gasteiger charge is -2.06. The van der Waals surface area contributed by atoms with E-state index < -0.39 is 0 Å². The van der Waals surface area contributed by atoms with Crippen molar-refractivity contribution in [3.8, 4) is 0 Å². The van der Waals surface area contributed by atoms with Crippen molar-refractivity contribution in [3.63, 3.8) is 0 Å². The van der Waals surface area contributed by atoms with Gasteiger partial charge < -0.3 is 16.4 Å². The first-order valence-corrected chi connectivity index (χ1v) is 11.0. The Labute approximate surface area is 157 Å². The number of nitrogens with two attached hydrogens (primary N) is 1. The second-order valence-corrected chi connectivity index (χ2v) is 7.27. The Kier molecular flexibility index (Phi) is 20.6. The van der Waals surface area contributed by atoms with Crippen molar-refractivity contribution in [2.75, 3.05) is 19.6 Å². The van der Waals surface area contributed by atoms with Crippen molar-refractivity contribution in [1.29, 1.82) is 0 Å². The number of rotatable bonds is 19. The zero-order valence-electron chi connectivity index (χ0n) is 16.9. The minimum Gasteiger partial charge on any atom is -0.338 e. The number of hydrogen-bond donors (Lipinski definition) is 3. The molecule has 0 atom stereocenters. The van der Waals surface area contributed by atoms with Crippen LogP contribution in [0.2, 0.25) is 0 Å². The molecule has 0 rings (SSSR count). The molecule has 0 aromatic rings. The summed E-state index contributed by atoms with van der Waals surface area (Å²) in [5, 5.41) is 5.57. The van der Waals surface area contributed by atoms with E-state index in [1.54, 1.807) is 0 Å². The van der Waals surface area contributed by atoms with Crippen LogP contribution in [0.25, 0.3) is 0 Å². The molecule has 4 nitrogen and oxygen atoms in total. The van der Waals surface area contributed by atoms with E-state index in [0.29, 0.717) is 13.1 Å². The van der Waals surface area contributed by atoms with Crippen LogP contribution < -0.4 is 16.4 Å². The quantitative estimate of drug-likeness (QED) is 0.268. The molecule has 0 aliphatic rings. The Hall–Kier alpha value is -0.770. The summed E-state index contributed by atoms with van der Waals surface area (Å²) in [7, 11) is 0. The first-order chi connectivity index (χ1) is 12.3. The van der Waals surface area contributed by atoms with E-state index in [2.05, 4.69) is 17.6 Å². The molecular formula is C21H45N3O. The number of carbonyl (C=O) groups excluding carboxylic acids is 1. The number of unbranched alkanes of at least 4 members (excludes halogenated alkanes) is 15. The summed E-state index contributed by atoms with van der Waals surface area (Å²) in [5.41, 5.74) is 5.33. The highest BCUT2D eigenvalue weighted by molar-refractivity contribution is 5.73. The highest BCUT2D eigenvalue weighted by atomic mass is 16.2. The molecule has 0 unspecified atom stereocenters. The highest BCUT2D eigenvalue weighted by Crippen LogP contribution is 2.13. The van der Waals surface area contributed by atoms with E-state index in [-0.39, 0.29) is 6.03 Å². The molecule has 0 fully saturated rings. The smallest absolute Gasteiger partial charge is 0.314 e. The van der Waals surface area contributed by atoms with Crippen LogP contribution in [0.1, 0.15) is 110 Å². The van der Waals surface area contributed by atoms with Gasteiger partial charge in [-0.15, -0.1) is 0 Å². The van der Waals surface area contributed by atoms with Crippen LogP contribution in [0.5, 0.6) is 0 Å². The number of nitrogens with one attached hydrogen (secondary N) is 2. The molecule has 0 aliphatic carbocycles. The molecule has 0 radical (unpaired) electrons. The first kappa shape index (κ1) is 24.2. The van der Waals surface area contributed by atoms with Crippen molar-refractivity contribution in [2.24, 2.45) is 5.73 Å². The molecule has 0 saturated heterocycles. The molecule has 0 saturated carbocycles. The summed E-state index contributed by atoms with van der Waals surface area (Å²) in [4.78, 5) is 11.3. The third kappa shape index (κ3) is 21.2. The van der Waals surface area contributed by atoms with Crippen LogP contribution >= 0.6 is 0 Å². The average molecular weight is 356 g/mol. The number of hydrogen-bond acceptors (Lipinski definition) is 2. The largest absolute Gasteiger partial charge is 0.338 e. The van der Waals surface area contributed by atoms with E-state index >= 15 is 0 Å². The van der Waals surface area contributed by atoms with Gasteiger partial charge in [0.05, 0.1) is 0 Å². The predicted octanol–water partition coefficient (Wildman–Crippen LogP) is 5.51. The average Bonchev–Trinajstić information content (AvgIpc) is 2.62. The van der Waals surface area contributed by atoms with Gasteiger partial charge in [0.25, 0.3) is 0 Å². The predicted molar refractivity (Wildman–Crippen MR) is 110 cm³/mol. The fourth-order valence-corrected chi connectivity index (χ4v) is 3.12. The van der Waals surface area contributed by atoms with Gasteiger partial charge in [-0.2, -0.15) is 0 Å². The Bertz CT molecular complexity index is 272. The highest BCUT2D eigenvalue weighted by Gasteiger charge is 1.97. The topological polar surface area (TPSA) is 67.2 Å². The molecule has 25 heavy (non-hydrogen) atoms. The molecule has 0 aliphatic heterocycles. The third-order valence-electron chi connectivity index (χ3n) is 4.75. The lowest BCUT2D eigenvalue weighted by Crippen LogP contribution is -2.38. The van der Waals surface area contributed by atoms with Crippen LogP contribution in [-0.4, -0.2) is 25.7 Å². The Morgan fingerprint density at radius 1 is 0.600 bits per heavy atom. The lowest BCUT2D eigenvalue weighted by atomic mass is 10.0. The molecule has 4 N–H and O–H groups in total. The van der Waals surface area contributed by atoms with Gasteiger partial charge in [-0.3, -0.25) is 0 Å². The third-order valence-corrected chi connectivity index (χ3v) is 4.75. The van der Waals surface area contributed by atoms with Gasteiger partial charge in [0, 0.05) is 19.6 Å². The molecular weight excluding hydrogens is 310 g/mol. The van der Waals surface area contributed by atoms with Crippen molar-refractivity contribution in [2.45, 2.75) is 110 Å². The second-order valence-electron chi connectivity index (χ2n) is 7.27. The SMILES string of the molecule is CCCCCCCCCCCCCCCCCCNC(=O)NCCN. The summed E-state index contributed by atoms with van der Waals surface area (Å²) < 4.78 is 0. The van der Waals surface area contributed by atoms with E-state index in [1.807, 2.05) is 0 Å². The van der Waals surface area contributed by atoms with Crippen LogP contribution in [0.4, 0.5) is 4.79 Å². The lowest BCUT2D eigenvalue weighted by molar-refractivity contribution is 0.241. The van der Waals surface area contributed by atoms with Crippen LogP contribution in [0.3, 0.4) is 0 Å². The summed E-state index contributed by atoms with van der Waals surface area (Å²) in [6, 6.07) is -0.0913. The molecule has 0 bridgehead atoms. The van der Waals surface area contributed by atoms with E-state index in [1.165, 1.54) is 96.3 Å². The monoisotopic (exact) mass is 355 g/mol. The van der Waals surface area contributed by atoms with Crippen molar-refractivity contribution < 1.29 is 4.79 Å². The molecule has 150 valence electrons. The fraction of sp³-hybridized carbons (Fsp3) is 0.952. The van der Waals surface area contributed by atoms with Gasteiger partial charge in [-0.05, 0) is 6.42 Å². The normalized spacial score (nSPS) is 10.8. The van der Waals surface area contributed by atoms with Crippen molar-refractivity contribution >= 4 is 6.03 Å². The summed E-state index contributed by atoms with van der Waals surface area (Å²) in [5.74, 6) is 0. The molecule has 0 heterocycles. The molecule has 0 aromatic heterocycles. The molecule has 2 amide bonds. The standard InChI is InChI=1S/C21H45N3O/c1-2-3-4-5-6-7-8-9-10-11-12-13-14-15-16-17-19-23-21(25)24-20-18-22/h2-20,22H2,1H3,(H2,23,24,25). The minimum absolute atomic E-state index is 0.0913. The van der Waals surface area contributed by atoms with Gasteiger partial charge in [0.2, 0.25) is 0 Å². The van der Waals surface area contributed by atoms with Gasteiger partial charge >= 0.3 is 6.03 Å². The van der Waals surface area contributed by atoms with Gasteiger partial charge in [0.1, 0.15) is 0 Å². The Morgan fingerprint density at radius 2 is 0.960 bits per heavy atom. The maximum absolute atomic E-state index is 11.3. The summed E-state index contributed by atoms with van der Waals surface area (Å²) >= 11 is 0. The second kappa shape index (κ2) is 21.3. The van der Waals surface area contributed by atoms with Crippen LogP contribution in [0, 0.1) is 0 Å². The van der Waals surface area contributed by atoms with E-state index in [0.717, 1.165) is 13.0 Å². The Morgan fingerprint density at radius 3 is 1.36 bits per heavy atom. The van der Waals surface area contributed by atoms with Gasteiger partial charge in [-0.1, -0.05) is 103 Å². The maximum atomic E-state index is 11.3. The molecule has 0 aromatic carbocycles. The van der Waals surface area contributed by atoms with Crippen LogP contribution in [0.15, 0.2) is 0 Å². The number of urea groups is 1. The van der Waals surface area contributed by atoms with E-state index in [9.17, 15) is 4.79 Å². The van der Waals surface area contributed by atoms with Gasteiger partial charge in [-0.25, -0.2) is 4.79 Å². The summed E-state index contributed by atoms with van der Waals surface area (Å²) in [6.45, 7) is 4.09. The minimum atomic E-state index is -0.0913. The molecule has 0 spiro atoms. The van der Waals surface area contributed by atoms with Gasteiger partial charge in [0.15, 0.2) is 0 Å². The zero-order valence-corrected chi connectivity index (χ0v) is 16.9. The number of amides is 2. The van der Waals surface area contributed by atoms with Crippen molar-refractivity contribution in [1.82, 2.24) is 10.6 Å². The van der Waals surface area contributed by atoms with Crippen molar-refractivity contribution in [3.05, 3.63) is 0 Å².